The van der Waals surface area contributed by atoms with E-state index in [-0.39, 0.29) is 62.1 Å². The van der Waals surface area contributed by atoms with Crippen LogP contribution in [0.15, 0.2) is 162 Å². The first-order valence-corrected chi connectivity index (χ1v) is 23.7. The van der Waals surface area contributed by atoms with Crippen LogP contribution in [0.5, 0.6) is 34.5 Å². The first kappa shape index (κ1) is 52.1. The van der Waals surface area contributed by atoms with Crippen molar-refractivity contribution in [3.8, 4) is 81.6 Å². The molecule has 1 unspecified atom stereocenters. The van der Waals surface area contributed by atoms with Crippen molar-refractivity contribution in [3.05, 3.63) is 198 Å². The zero-order valence-electron chi connectivity index (χ0n) is 39.7. The Kier molecular flexibility index (Phi) is 14.8. The maximum Gasteiger partial charge on any atom is 0.514 e. The minimum Gasteiger partial charge on any atom is -0.481 e. The number of hydrogen-bond donors (Lipinski definition) is 1. The zero-order chi connectivity index (χ0) is 53.1. The quantitative estimate of drug-likeness (QED) is 0.0301. The number of carbonyl (C=O) groups is 3. The Balaban J connectivity index is 0.000000212. The van der Waals surface area contributed by atoms with Gasteiger partial charge in [-0.3, -0.25) is 4.79 Å². The first-order valence-electron chi connectivity index (χ1n) is 22.9. The number of halogens is 1. The molecule has 1 N–H and O–H groups in total. The van der Waals surface area contributed by atoms with Gasteiger partial charge in [-0.1, -0.05) is 55.7 Å². The van der Waals surface area contributed by atoms with Crippen LogP contribution in [0.3, 0.4) is 0 Å². The molecule has 4 heterocycles. The first-order chi connectivity index (χ1) is 36.9. The molecule has 384 valence electrons. The van der Waals surface area contributed by atoms with E-state index in [1.54, 1.807) is 97.1 Å². The summed E-state index contributed by atoms with van der Waals surface area (Å²) in [5.74, 6) is 5.75. The Morgan fingerprint density at radius 1 is 0.675 bits per heavy atom. The molecule has 4 aliphatic rings. The van der Waals surface area contributed by atoms with Gasteiger partial charge in [0.25, 0.3) is 0 Å². The summed E-state index contributed by atoms with van der Waals surface area (Å²) in [5.41, 5.74) is 3.08. The normalized spacial score (nSPS) is 13.5. The Bertz CT molecular complexity index is 3990. The van der Waals surface area contributed by atoms with E-state index in [1.807, 2.05) is 12.1 Å². The molecule has 0 amide bonds. The zero-order valence-corrected chi connectivity index (χ0v) is 41.3. The molecule has 0 saturated carbocycles. The highest BCUT2D eigenvalue weighted by Crippen LogP contribution is 2.57. The molecule has 11 rings (SSSR count). The third-order valence-corrected chi connectivity index (χ3v) is 12.8. The highest BCUT2D eigenvalue weighted by Gasteiger charge is 2.53. The summed E-state index contributed by atoms with van der Waals surface area (Å²) in [7, 11) is 1.48. The second-order valence-corrected chi connectivity index (χ2v) is 17.6. The SMILES string of the molecule is C.C#CCOc1ccc2c(-c3ccccc3C(=O)O)c3ccc(=O)cc-3oc2c1.C#CCOc1ccc2c(c1)Oc1cc(OC(=O)OCc3cc(=O)oc4cc(OCOC)c(Br)cc34)ccc1C21OC(=O)c2ccccc21. The average Bonchev–Trinajstić information content (AvgIpc) is 3.85. The number of aromatic carboxylic acids is 1. The lowest BCUT2D eigenvalue weighted by molar-refractivity contribution is 0.0223. The lowest BCUT2D eigenvalue weighted by Gasteiger charge is -2.36. The predicted octanol–water partition coefficient (Wildman–Crippen LogP) is 11.7. The third kappa shape index (κ3) is 10.1. The van der Waals surface area contributed by atoms with Gasteiger partial charge in [-0.05, 0) is 88.2 Å². The van der Waals surface area contributed by atoms with E-state index in [2.05, 4.69) is 27.8 Å². The smallest absolute Gasteiger partial charge is 0.481 e. The Labute approximate surface area is 446 Å². The molecule has 0 fully saturated rings. The summed E-state index contributed by atoms with van der Waals surface area (Å²) in [6.07, 6.45) is 9.56. The molecule has 0 radical (unpaired) electrons. The van der Waals surface area contributed by atoms with Crippen LogP contribution in [0, 0.1) is 24.7 Å². The van der Waals surface area contributed by atoms with E-state index in [0.29, 0.717) is 94.1 Å². The van der Waals surface area contributed by atoms with Crippen molar-refractivity contribution < 1.29 is 66.2 Å². The van der Waals surface area contributed by atoms with E-state index in [4.69, 9.17) is 59.6 Å². The Morgan fingerprint density at radius 2 is 1.34 bits per heavy atom. The van der Waals surface area contributed by atoms with Crippen LogP contribution in [0.1, 0.15) is 50.4 Å². The lowest BCUT2D eigenvalue weighted by atomic mass is 9.77. The van der Waals surface area contributed by atoms with E-state index >= 15 is 0 Å². The van der Waals surface area contributed by atoms with Crippen LogP contribution in [-0.2, 0) is 26.4 Å². The number of benzene rings is 7. The number of carboxylic acids is 1. The molecule has 0 saturated heterocycles. The van der Waals surface area contributed by atoms with Gasteiger partial charge in [-0.15, -0.1) is 12.8 Å². The van der Waals surface area contributed by atoms with E-state index in [1.165, 1.54) is 37.4 Å². The number of carboxylic acid groups (broad SMARTS) is 1. The largest absolute Gasteiger partial charge is 0.514 e. The highest BCUT2D eigenvalue weighted by molar-refractivity contribution is 9.10. The summed E-state index contributed by atoms with van der Waals surface area (Å²) < 4.78 is 56.6. The molecular weight excluding hydrogens is 1060 g/mol. The van der Waals surface area contributed by atoms with E-state index < -0.39 is 29.3 Å². The summed E-state index contributed by atoms with van der Waals surface area (Å²) in [5, 5.41) is 10.9. The summed E-state index contributed by atoms with van der Waals surface area (Å²) in [6, 6.07) is 37.8. The fourth-order valence-electron chi connectivity index (χ4n) is 9.00. The number of fused-ring (bicyclic) bond motifs is 9. The minimum atomic E-state index is -1.33. The number of hydrogen-bond acceptors (Lipinski definition) is 15. The second-order valence-electron chi connectivity index (χ2n) is 16.7. The van der Waals surface area contributed by atoms with Gasteiger partial charge < -0.3 is 51.8 Å². The summed E-state index contributed by atoms with van der Waals surface area (Å²) in [4.78, 5) is 61.9. The Hall–Kier alpha value is -9.81. The van der Waals surface area contributed by atoms with Gasteiger partial charge in [0.2, 0.25) is 0 Å². The molecule has 77 heavy (non-hydrogen) atoms. The number of methoxy groups -OCH3 is 1. The van der Waals surface area contributed by atoms with Crippen molar-refractivity contribution in [1.82, 2.24) is 0 Å². The molecule has 1 aromatic heterocycles. The molecule has 3 aliphatic heterocycles. The molecule has 7 aromatic rings. The maximum atomic E-state index is 13.1. The van der Waals surface area contributed by atoms with Crippen LogP contribution in [0.25, 0.3) is 44.4 Å². The molecule has 1 spiro atoms. The number of esters is 1. The predicted molar refractivity (Wildman–Crippen MR) is 285 cm³/mol. The van der Waals surface area contributed by atoms with Crippen molar-refractivity contribution in [2.75, 3.05) is 27.1 Å². The van der Waals surface area contributed by atoms with E-state index in [0.717, 1.165) is 0 Å². The molecule has 16 nitrogen and oxygen atoms in total. The number of carbonyl (C=O) groups excluding carboxylic acids is 2. The molecule has 17 heteroatoms. The monoisotopic (exact) mass is 1100 g/mol. The average molecular weight is 1100 g/mol. The van der Waals surface area contributed by atoms with Gasteiger partial charge in [0.05, 0.1) is 15.6 Å². The van der Waals surface area contributed by atoms with Gasteiger partial charge in [0.1, 0.15) is 71.2 Å². The lowest BCUT2D eigenvalue weighted by Crippen LogP contribution is -2.33. The molecule has 0 bridgehead atoms. The number of ether oxygens (including phenoxy) is 8. The number of rotatable bonds is 12. The van der Waals surface area contributed by atoms with Crippen LogP contribution in [0.2, 0.25) is 0 Å². The van der Waals surface area contributed by atoms with Crippen molar-refractivity contribution in [2.45, 2.75) is 19.6 Å². The standard InChI is InChI=1S/C36H23BrO11.C23H14O5.CH4/c1-3-12-42-21-8-10-26-30(14-21)46-31-15-22(9-11-27(31)36(26)25-7-5-4-6-23(25)34(39)48-36)45-35(40)43-18-20-13-33(38)47-29-17-32(44-19-41-2)28(37)16-24(20)29;1-2-11-27-15-8-10-19-21(13-15)28-20-12-14(24)7-9-18(20)22(19)16-5-3-4-6-17(16)23(25)26;/h1,4-11,13-17H,12,18-19H2,2H3;1,3-10,12-13H,11H2,(H,25,26);1H4. The van der Waals surface area contributed by atoms with Crippen molar-refractivity contribution in [1.29, 1.82) is 0 Å². The maximum absolute atomic E-state index is 13.1. The van der Waals surface area contributed by atoms with Gasteiger partial charge in [-0.2, -0.15) is 0 Å². The van der Waals surface area contributed by atoms with Crippen LogP contribution in [0.4, 0.5) is 4.79 Å². The second kappa shape index (κ2) is 22.0. The summed E-state index contributed by atoms with van der Waals surface area (Å²) >= 11 is 3.43. The van der Waals surface area contributed by atoms with Gasteiger partial charge in [0, 0.05) is 87.7 Å². The van der Waals surface area contributed by atoms with Crippen molar-refractivity contribution in [3.63, 3.8) is 0 Å². The minimum absolute atomic E-state index is 0. The van der Waals surface area contributed by atoms with Crippen LogP contribution < -0.4 is 34.7 Å². The Morgan fingerprint density at radius 3 is 2.06 bits per heavy atom. The van der Waals surface area contributed by atoms with Crippen molar-refractivity contribution in [2.24, 2.45) is 0 Å². The molecular formula is C60H41BrO16. The van der Waals surface area contributed by atoms with Gasteiger partial charge in [0.15, 0.2) is 17.8 Å². The van der Waals surface area contributed by atoms with Crippen molar-refractivity contribution >= 4 is 56.0 Å². The summed E-state index contributed by atoms with van der Waals surface area (Å²) in [6.45, 7) is -0.150. The fraction of sp³-hybridized carbons (Fsp3) is 0.117. The third-order valence-electron chi connectivity index (χ3n) is 12.2. The number of terminal acetylenes is 2. The molecule has 1 aliphatic carbocycles. The highest BCUT2D eigenvalue weighted by atomic mass is 79.9. The van der Waals surface area contributed by atoms with E-state index in [9.17, 15) is 29.1 Å². The molecule has 6 aromatic carbocycles. The fourth-order valence-corrected chi connectivity index (χ4v) is 9.46. The van der Waals surface area contributed by atoms with Crippen LogP contribution in [-0.4, -0.2) is 50.3 Å². The van der Waals surface area contributed by atoms with Crippen LogP contribution >= 0.6 is 15.9 Å². The topological polar surface area (TPSA) is 206 Å². The van der Waals surface area contributed by atoms with Gasteiger partial charge in [-0.25, -0.2) is 19.2 Å². The van der Waals surface area contributed by atoms with Gasteiger partial charge >= 0.3 is 23.7 Å². The molecule has 1 atom stereocenters.